The highest BCUT2D eigenvalue weighted by Crippen LogP contribution is 2.18. The third-order valence-corrected chi connectivity index (χ3v) is 2.24. The number of anilines is 1. The molecule has 14 heavy (non-hydrogen) atoms. The fourth-order valence-corrected chi connectivity index (χ4v) is 1.12. The maximum atomic E-state index is 11.4. The summed E-state index contributed by atoms with van der Waals surface area (Å²) in [5.74, 6) is -0.126. The summed E-state index contributed by atoms with van der Waals surface area (Å²) in [7, 11) is 0. The third-order valence-electron chi connectivity index (χ3n) is 2.24. The summed E-state index contributed by atoms with van der Waals surface area (Å²) in [6.45, 7) is 9.30. The summed E-state index contributed by atoms with van der Waals surface area (Å²) in [4.78, 5) is 11.4. The Morgan fingerprint density at radius 1 is 1.36 bits per heavy atom. The van der Waals surface area contributed by atoms with E-state index in [0.29, 0.717) is 5.57 Å². The molecule has 0 unspecified atom stereocenters. The molecule has 1 aromatic rings. The highest BCUT2D eigenvalue weighted by Gasteiger charge is 2.05. The van der Waals surface area contributed by atoms with Crippen LogP contribution < -0.4 is 5.32 Å². The van der Waals surface area contributed by atoms with E-state index in [1.807, 2.05) is 32.0 Å². The molecule has 0 saturated carbocycles. The Kier molecular flexibility index (Phi) is 3.07. The quantitative estimate of drug-likeness (QED) is 0.712. The normalized spacial score (nSPS) is 9.64. The van der Waals surface area contributed by atoms with Gasteiger partial charge in [0, 0.05) is 11.3 Å². The van der Waals surface area contributed by atoms with E-state index in [0.717, 1.165) is 11.3 Å². The number of rotatable bonds is 2. The molecule has 0 aliphatic rings. The molecule has 1 aromatic carbocycles. The lowest BCUT2D eigenvalue weighted by atomic mass is 10.1. The molecule has 0 radical (unpaired) electrons. The number of hydrogen-bond acceptors (Lipinski definition) is 1. The maximum absolute atomic E-state index is 11.4. The Hall–Kier alpha value is -1.57. The lowest BCUT2D eigenvalue weighted by molar-refractivity contribution is -0.112. The first-order chi connectivity index (χ1) is 6.52. The van der Waals surface area contributed by atoms with Crippen molar-refractivity contribution in [1.82, 2.24) is 0 Å². The number of carbonyl (C=O) groups excluding carboxylic acids is 1. The summed E-state index contributed by atoms with van der Waals surface area (Å²) in [5.41, 5.74) is 3.65. The first-order valence-corrected chi connectivity index (χ1v) is 4.55. The van der Waals surface area contributed by atoms with Crippen molar-refractivity contribution in [2.75, 3.05) is 5.32 Å². The molecule has 1 rings (SSSR count). The highest BCUT2D eigenvalue weighted by molar-refractivity contribution is 6.03. The van der Waals surface area contributed by atoms with Gasteiger partial charge in [-0.15, -0.1) is 0 Å². The largest absolute Gasteiger partial charge is 0.322 e. The van der Waals surface area contributed by atoms with Crippen molar-refractivity contribution in [3.8, 4) is 0 Å². The molecular formula is C12H15NO. The number of nitrogens with one attached hydrogen (secondary N) is 1. The van der Waals surface area contributed by atoms with Crippen LogP contribution in [-0.4, -0.2) is 5.91 Å². The van der Waals surface area contributed by atoms with Crippen LogP contribution in [0, 0.1) is 13.8 Å². The molecule has 0 saturated heterocycles. The lowest BCUT2D eigenvalue weighted by Gasteiger charge is -2.09. The van der Waals surface area contributed by atoms with Crippen LogP contribution in [0.2, 0.25) is 0 Å². The molecule has 1 amide bonds. The predicted octanol–water partition coefficient (Wildman–Crippen LogP) is 2.82. The van der Waals surface area contributed by atoms with Gasteiger partial charge in [-0.3, -0.25) is 4.79 Å². The summed E-state index contributed by atoms with van der Waals surface area (Å²) < 4.78 is 0. The molecule has 2 nitrogen and oxygen atoms in total. The zero-order chi connectivity index (χ0) is 10.7. The van der Waals surface area contributed by atoms with Crippen molar-refractivity contribution in [2.24, 2.45) is 0 Å². The van der Waals surface area contributed by atoms with Gasteiger partial charge in [-0.05, 0) is 38.0 Å². The maximum Gasteiger partial charge on any atom is 0.250 e. The van der Waals surface area contributed by atoms with Gasteiger partial charge < -0.3 is 5.32 Å². The molecule has 74 valence electrons. The number of benzene rings is 1. The van der Waals surface area contributed by atoms with Gasteiger partial charge in [-0.25, -0.2) is 0 Å². The number of amides is 1. The molecule has 0 aliphatic heterocycles. The van der Waals surface area contributed by atoms with Crippen LogP contribution >= 0.6 is 0 Å². The van der Waals surface area contributed by atoms with Crippen molar-refractivity contribution in [3.63, 3.8) is 0 Å². The second kappa shape index (κ2) is 4.09. The average Bonchev–Trinajstić information content (AvgIpc) is 2.12. The smallest absolute Gasteiger partial charge is 0.250 e. The topological polar surface area (TPSA) is 29.1 Å². The molecule has 0 atom stereocenters. The van der Waals surface area contributed by atoms with Crippen LogP contribution in [0.1, 0.15) is 18.1 Å². The Labute approximate surface area is 84.6 Å². The molecule has 0 heterocycles. The van der Waals surface area contributed by atoms with Crippen LogP contribution in [0.25, 0.3) is 0 Å². The zero-order valence-corrected chi connectivity index (χ0v) is 8.85. The summed E-state index contributed by atoms with van der Waals surface area (Å²) >= 11 is 0. The van der Waals surface area contributed by atoms with Gasteiger partial charge in [0.15, 0.2) is 0 Å². The average molecular weight is 189 g/mol. The Morgan fingerprint density at radius 2 is 2.00 bits per heavy atom. The van der Waals surface area contributed by atoms with Gasteiger partial charge in [0.05, 0.1) is 0 Å². The van der Waals surface area contributed by atoms with Gasteiger partial charge >= 0.3 is 0 Å². The fourth-order valence-electron chi connectivity index (χ4n) is 1.12. The third kappa shape index (κ3) is 2.22. The minimum atomic E-state index is -0.126. The molecular weight excluding hydrogens is 174 g/mol. The van der Waals surface area contributed by atoms with Gasteiger partial charge in [-0.2, -0.15) is 0 Å². The first-order valence-electron chi connectivity index (χ1n) is 4.55. The minimum Gasteiger partial charge on any atom is -0.322 e. The predicted molar refractivity (Wildman–Crippen MR) is 59.4 cm³/mol. The van der Waals surface area contributed by atoms with E-state index >= 15 is 0 Å². The molecule has 0 aliphatic carbocycles. The molecule has 0 bridgehead atoms. The number of aryl methyl sites for hydroxylation is 1. The molecule has 1 N–H and O–H groups in total. The van der Waals surface area contributed by atoms with Crippen LogP contribution in [-0.2, 0) is 4.79 Å². The van der Waals surface area contributed by atoms with E-state index in [9.17, 15) is 4.79 Å². The number of hydrogen-bond donors (Lipinski definition) is 1. The minimum absolute atomic E-state index is 0.126. The first kappa shape index (κ1) is 10.5. The standard InChI is InChI=1S/C12H15NO/c1-8(2)12(14)13-11-7-5-6-9(3)10(11)4/h5-7H,1H2,2-4H3,(H,13,14). The Bertz CT molecular complexity index is 380. The fraction of sp³-hybridized carbons (Fsp3) is 0.250. The van der Waals surface area contributed by atoms with E-state index in [-0.39, 0.29) is 5.91 Å². The van der Waals surface area contributed by atoms with Gasteiger partial charge in [-0.1, -0.05) is 18.7 Å². The SMILES string of the molecule is C=C(C)C(=O)Nc1cccc(C)c1C. The van der Waals surface area contributed by atoms with Crippen molar-refractivity contribution in [3.05, 3.63) is 41.5 Å². The molecule has 0 fully saturated rings. The Balaban J connectivity index is 2.93. The second-order valence-electron chi connectivity index (χ2n) is 3.48. The van der Waals surface area contributed by atoms with Gasteiger partial charge in [0.25, 0.3) is 5.91 Å². The van der Waals surface area contributed by atoms with Crippen LogP contribution in [0.3, 0.4) is 0 Å². The monoisotopic (exact) mass is 189 g/mol. The summed E-state index contributed by atoms with van der Waals surface area (Å²) in [5, 5.41) is 2.81. The van der Waals surface area contributed by atoms with Crippen molar-refractivity contribution in [1.29, 1.82) is 0 Å². The van der Waals surface area contributed by atoms with Crippen molar-refractivity contribution < 1.29 is 4.79 Å². The summed E-state index contributed by atoms with van der Waals surface area (Å²) in [6, 6.07) is 5.84. The molecule has 0 spiro atoms. The Morgan fingerprint density at radius 3 is 2.57 bits per heavy atom. The lowest BCUT2D eigenvalue weighted by Crippen LogP contribution is -2.12. The van der Waals surface area contributed by atoms with E-state index < -0.39 is 0 Å². The number of carbonyl (C=O) groups is 1. The van der Waals surface area contributed by atoms with Crippen molar-refractivity contribution >= 4 is 11.6 Å². The van der Waals surface area contributed by atoms with E-state index in [1.165, 1.54) is 5.56 Å². The van der Waals surface area contributed by atoms with E-state index in [2.05, 4.69) is 11.9 Å². The second-order valence-corrected chi connectivity index (χ2v) is 3.48. The zero-order valence-electron chi connectivity index (χ0n) is 8.85. The molecule has 0 aromatic heterocycles. The van der Waals surface area contributed by atoms with Crippen LogP contribution in [0.15, 0.2) is 30.4 Å². The van der Waals surface area contributed by atoms with Crippen molar-refractivity contribution in [2.45, 2.75) is 20.8 Å². The van der Waals surface area contributed by atoms with E-state index in [1.54, 1.807) is 6.92 Å². The van der Waals surface area contributed by atoms with Gasteiger partial charge in [0.2, 0.25) is 0 Å². The summed E-state index contributed by atoms with van der Waals surface area (Å²) in [6.07, 6.45) is 0. The van der Waals surface area contributed by atoms with Gasteiger partial charge in [0.1, 0.15) is 0 Å². The van der Waals surface area contributed by atoms with Crippen LogP contribution in [0.4, 0.5) is 5.69 Å². The van der Waals surface area contributed by atoms with E-state index in [4.69, 9.17) is 0 Å². The highest BCUT2D eigenvalue weighted by atomic mass is 16.1. The van der Waals surface area contributed by atoms with Crippen LogP contribution in [0.5, 0.6) is 0 Å². The molecule has 2 heteroatoms.